The van der Waals surface area contributed by atoms with Crippen LogP contribution in [0.25, 0.3) is 93.9 Å². The SMILES string of the molecule is c1ccc(-c2ccc(-c3ccc(N(c4ccc(-c5ccc(-c6ccccc6)cc5)cc4)c4ccc5c6ccccc6n(-c6ccc7oc8ccccc8c7c6)c5c4)cc3)cc2)cc1. The van der Waals surface area contributed by atoms with E-state index in [0.29, 0.717) is 0 Å². The largest absolute Gasteiger partial charge is 0.456 e. The number of fused-ring (bicyclic) bond motifs is 6. The molecule has 2 heterocycles. The average Bonchev–Trinajstić information content (AvgIpc) is 3.90. The summed E-state index contributed by atoms with van der Waals surface area (Å²) in [4.78, 5) is 2.37. The van der Waals surface area contributed by atoms with Gasteiger partial charge in [-0.25, -0.2) is 0 Å². The molecule has 0 atom stereocenters. The summed E-state index contributed by atoms with van der Waals surface area (Å²) in [5.74, 6) is 0. The second-order valence-corrected chi connectivity index (χ2v) is 16.1. The molecule has 0 aliphatic carbocycles. The normalized spacial score (nSPS) is 11.5. The Morgan fingerprint density at radius 2 is 0.683 bits per heavy atom. The molecule has 0 unspecified atom stereocenters. The number of hydrogen-bond acceptors (Lipinski definition) is 2. The molecule has 12 rings (SSSR count). The predicted molar refractivity (Wildman–Crippen MR) is 264 cm³/mol. The van der Waals surface area contributed by atoms with Gasteiger partial charge in [0.15, 0.2) is 0 Å². The van der Waals surface area contributed by atoms with Crippen molar-refractivity contribution in [3.63, 3.8) is 0 Å². The molecule has 12 aromatic rings. The van der Waals surface area contributed by atoms with Gasteiger partial charge in [0.05, 0.1) is 11.0 Å². The number of anilines is 3. The van der Waals surface area contributed by atoms with Gasteiger partial charge >= 0.3 is 0 Å². The highest BCUT2D eigenvalue weighted by Crippen LogP contribution is 2.42. The van der Waals surface area contributed by atoms with Gasteiger partial charge in [-0.15, -0.1) is 0 Å². The first-order valence-electron chi connectivity index (χ1n) is 21.5. The maximum Gasteiger partial charge on any atom is 0.135 e. The molecular weight excluding hydrogens is 765 g/mol. The fraction of sp³-hybridized carbons (Fsp3) is 0. The lowest BCUT2D eigenvalue weighted by atomic mass is 9.99. The molecule has 0 radical (unpaired) electrons. The highest BCUT2D eigenvalue weighted by Gasteiger charge is 2.19. The van der Waals surface area contributed by atoms with Gasteiger partial charge in [0.25, 0.3) is 0 Å². The fourth-order valence-corrected chi connectivity index (χ4v) is 9.25. The smallest absolute Gasteiger partial charge is 0.135 e. The molecule has 3 heteroatoms. The predicted octanol–water partition coefficient (Wildman–Crippen LogP) is 16.8. The van der Waals surface area contributed by atoms with Crippen LogP contribution in [0.3, 0.4) is 0 Å². The van der Waals surface area contributed by atoms with Gasteiger partial charge in [0.2, 0.25) is 0 Å². The zero-order chi connectivity index (χ0) is 41.7. The number of rotatable bonds is 8. The zero-order valence-electron chi connectivity index (χ0n) is 34.4. The van der Waals surface area contributed by atoms with E-state index in [1.807, 2.05) is 12.1 Å². The van der Waals surface area contributed by atoms with Crippen molar-refractivity contribution < 1.29 is 4.42 Å². The number of nitrogens with zero attached hydrogens (tertiary/aromatic N) is 2. The summed E-state index contributed by atoms with van der Waals surface area (Å²) in [5, 5.41) is 4.65. The van der Waals surface area contributed by atoms with Crippen LogP contribution in [-0.2, 0) is 0 Å². The third kappa shape index (κ3) is 6.55. The third-order valence-corrected chi connectivity index (χ3v) is 12.4. The molecule has 0 aliphatic rings. The minimum atomic E-state index is 0.888. The Morgan fingerprint density at radius 3 is 1.24 bits per heavy atom. The summed E-state index contributed by atoms with van der Waals surface area (Å²) in [6, 6.07) is 87.2. The number of para-hydroxylation sites is 2. The highest BCUT2D eigenvalue weighted by atomic mass is 16.3. The molecule has 2 aromatic heterocycles. The monoisotopic (exact) mass is 804 g/mol. The van der Waals surface area contributed by atoms with Crippen molar-refractivity contribution in [2.75, 3.05) is 4.90 Å². The van der Waals surface area contributed by atoms with Gasteiger partial charge in [0, 0.05) is 44.3 Å². The molecule has 296 valence electrons. The van der Waals surface area contributed by atoms with E-state index in [9.17, 15) is 0 Å². The Labute approximate surface area is 366 Å². The molecule has 0 spiro atoms. The molecule has 0 amide bonds. The fourth-order valence-electron chi connectivity index (χ4n) is 9.25. The Hall–Kier alpha value is -8.40. The average molecular weight is 805 g/mol. The Bertz CT molecular complexity index is 3440. The van der Waals surface area contributed by atoms with Crippen molar-refractivity contribution >= 4 is 60.8 Å². The maximum absolute atomic E-state index is 6.25. The molecule has 3 nitrogen and oxygen atoms in total. The molecule has 0 bridgehead atoms. The van der Waals surface area contributed by atoms with E-state index in [1.165, 1.54) is 55.3 Å². The third-order valence-electron chi connectivity index (χ3n) is 12.4. The van der Waals surface area contributed by atoms with Crippen molar-refractivity contribution in [2.24, 2.45) is 0 Å². The zero-order valence-corrected chi connectivity index (χ0v) is 34.4. The van der Waals surface area contributed by atoms with Gasteiger partial charge < -0.3 is 13.9 Å². The summed E-state index contributed by atoms with van der Waals surface area (Å²) < 4.78 is 8.65. The quantitative estimate of drug-likeness (QED) is 0.153. The molecular formula is C60H40N2O. The molecule has 10 aromatic carbocycles. The molecule has 0 saturated heterocycles. The van der Waals surface area contributed by atoms with Gasteiger partial charge in [0.1, 0.15) is 11.2 Å². The van der Waals surface area contributed by atoms with Gasteiger partial charge in [-0.2, -0.15) is 0 Å². The van der Waals surface area contributed by atoms with Crippen LogP contribution in [0.5, 0.6) is 0 Å². The summed E-state index contributed by atoms with van der Waals surface area (Å²) in [6.45, 7) is 0. The van der Waals surface area contributed by atoms with Crippen LogP contribution in [0.2, 0.25) is 0 Å². The summed E-state index contributed by atoms with van der Waals surface area (Å²) in [7, 11) is 0. The minimum Gasteiger partial charge on any atom is -0.456 e. The summed E-state index contributed by atoms with van der Waals surface area (Å²) in [6.07, 6.45) is 0. The van der Waals surface area contributed by atoms with Crippen molar-refractivity contribution in [3.8, 4) is 50.2 Å². The summed E-state index contributed by atoms with van der Waals surface area (Å²) >= 11 is 0. The second kappa shape index (κ2) is 15.3. The van der Waals surface area contributed by atoms with E-state index in [-0.39, 0.29) is 0 Å². The maximum atomic E-state index is 6.25. The number of benzene rings is 10. The van der Waals surface area contributed by atoms with Gasteiger partial charge in [-0.05, 0) is 111 Å². The molecule has 0 N–H and O–H groups in total. The molecule has 0 fully saturated rings. The summed E-state index contributed by atoms with van der Waals surface area (Å²) in [5.41, 5.74) is 18.0. The Balaban J connectivity index is 0.970. The van der Waals surface area contributed by atoms with Crippen LogP contribution in [-0.4, -0.2) is 4.57 Å². The van der Waals surface area contributed by atoms with Crippen LogP contribution in [0, 0.1) is 0 Å². The van der Waals surface area contributed by atoms with Crippen molar-refractivity contribution in [1.82, 2.24) is 4.57 Å². The van der Waals surface area contributed by atoms with Crippen LogP contribution in [0.1, 0.15) is 0 Å². The lowest BCUT2D eigenvalue weighted by molar-refractivity contribution is 0.669. The van der Waals surface area contributed by atoms with E-state index in [0.717, 1.165) is 55.7 Å². The molecule has 63 heavy (non-hydrogen) atoms. The first kappa shape index (κ1) is 36.5. The van der Waals surface area contributed by atoms with E-state index < -0.39 is 0 Å². The van der Waals surface area contributed by atoms with Crippen LogP contribution < -0.4 is 4.90 Å². The number of furan rings is 1. The van der Waals surface area contributed by atoms with Crippen molar-refractivity contribution in [2.45, 2.75) is 0 Å². The van der Waals surface area contributed by atoms with E-state index in [2.05, 4.69) is 240 Å². The first-order chi connectivity index (χ1) is 31.2. The van der Waals surface area contributed by atoms with E-state index in [1.54, 1.807) is 0 Å². The van der Waals surface area contributed by atoms with Crippen molar-refractivity contribution in [3.05, 3.63) is 243 Å². The Kier molecular flexibility index (Phi) is 8.83. The van der Waals surface area contributed by atoms with E-state index >= 15 is 0 Å². The van der Waals surface area contributed by atoms with Crippen LogP contribution >= 0.6 is 0 Å². The van der Waals surface area contributed by atoms with E-state index in [4.69, 9.17) is 4.42 Å². The van der Waals surface area contributed by atoms with Crippen LogP contribution in [0.4, 0.5) is 17.1 Å². The topological polar surface area (TPSA) is 21.3 Å². The molecule has 0 aliphatic heterocycles. The lowest BCUT2D eigenvalue weighted by Crippen LogP contribution is -2.10. The second-order valence-electron chi connectivity index (χ2n) is 16.1. The van der Waals surface area contributed by atoms with Gasteiger partial charge in [-0.3, -0.25) is 0 Å². The molecule has 0 saturated carbocycles. The lowest BCUT2D eigenvalue weighted by Gasteiger charge is -2.26. The first-order valence-corrected chi connectivity index (χ1v) is 21.5. The van der Waals surface area contributed by atoms with Crippen LogP contribution in [0.15, 0.2) is 247 Å². The van der Waals surface area contributed by atoms with Crippen molar-refractivity contribution in [1.29, 1.82) is 0 Å². The Morgan fingerprint density at radius 1 is 0.270 bits per heavy atom. The van der Waals surface area contributed by atoms with Gasteiger partial charge in [-0.1, -0.05) is 176 Å². The minimum absolute atomic E-state index is 0.888. The standard InChI is InChI=1S/C60H40N2O/c1-3-11-41(12-4-1)43-19-23-45(24-20-43)47-27-31-49(32-28-47)61(50-33-29-48(30-34-50)46-25-21-44(22-26-46)42-13-5-2-6-14-42)52-35-37-54-53-15-7-9-17-57(53)62(58(54)40-52)51-36-38-60-56(39-51)55-16-8-10-18-59(55)63-60/h1-40H. The highest BCUT2D eigenvalue weighted by molar-refractivity contribution is 6.11. The number of hydrogen-bond donors (Lipinski definition) is 0. The number of aromatic nitrogens is 1.